The summed E-state index contributed by atoms with van der Waals surface area (Å²) in [5.74, 6) is -0.675. The molecule has 0 aromatic heterocycles. The third-order valence-corrected chi connectivity index (χ3v) is 4.86. The number of hydrogen-bond donors (Lipinski definition) is 0. The van der Waals surface area contributed by atoms with Crippen LogP contribution in [0.1, 0.15) is 112 Å². The number of carbonyl (C=O) groups is 2. The normalized spacial score (nSPS) is 11.8. The third-order valence-electron chi connectivity index (χ3n) is 4.86. The smallest absolute Gasteiger partial charge is 0.338 e. The van der Waals surface area contributed by atoms with Crippen molar-refractivity contribution in [2.45, 2.75) is 97.5 Å². The Kier molecular flexibility index (Phi) is 13.1. The minimum Gasteiger partial charge on any atom is -0.462 e. The molecule has 0 aliphatic carbocycles. The van der Waals surface area contributed by atoms with Gasteiger partial charge in [-0.25, -0.2) is 9.59 Å². The first-order valence-electron chi connectivity index (χ1n) is 11.1. The van der Waals surface area contributed by atoms with Gasteiger partial charge in [0.15, 0.2) is 0 Å². The Morgan fingerprint density at radius 2 is 1.25 bits per heavy atom. The van der Waals surface area contributed by atoms with E-state index in [2.05, 4.69) is 13.8 Å². The second-order valence-electron chi connectivity index (χ2n) is 7.55. The lowest BCUT2D eigenvalue weighted by Gasteiger charge is -2.13. The molecule has 0 bridgehead atoms. The number of ether oxygens (including phenoxy) is 2. The quantitative estimate of drug-likeness (QED) is 0.246. The largest absolute Gasteiger partial charge is 0.462 e. The van der Waals surface area contributed by atoms with Crippen LogP contribution in [0.2, 0.25) is 0 Å². The summed E-state index contributed by atoms with van der Waals surface area (Å²) in [5, 5.41) is 0. The Morgan fingerprint density at radius 1 is 0.750 bits per heavy atom. The van der Waals surface area contributed by atoms with Crippen LogP contribution in [-0.4, -0.2) is 24.6 Å². The minimum absolute atomic E-state index is 0.0913. The van der Waals surface area contributed by atoms with Crippen LogP contribution < -0.4 is 0 Å². The number of benzene rings is 1. The highest BCUT2D eigenvalue weighted by molar-refractivity contribution is 5.93. The zero-order valence-corrected chi connectivity index (χ0v) is 18.0. The maximum Gasteiger partial charge on any atom is 0.338 e. The summed E-state index contributed by atoms with van der Waals surface area (Å²) in [6.45, 7) is 6.74. The SMILES string of the molecule is CCCCCCCCC(C)OC(=O)c1ccc(C(=O)OCCCCCC)cc1. The van der Waals surface area contributed by atoms with Crippen LogP contribution in [0, 0.1) is 0 Å². The fourth-order valence-electron chi connectivity index (χ4n) is 3.04. The van der Waals surface area contributed by atoms with Gasteiger partial charge in [-0.1, -0.05) is 65.2 Å². The molecule has 1 unspecified atom stereocenters. The van der Waals surface area contributed by atoms with Crippen LogP contribution >= 0.6 is 0 Å². The van der Waals surface area contributed by atoms with Crippen LogP contribution in [0.5, 0.6) is 0 Å². The molecule has 4 nitrogen and oxygen atoms in total. The van der Waals surface area contributed by atoms with Gasteiger partial charge < -0.3 is 9.47 Å². The predicted octanol–water partition coefficient (Wildman–Crippen LogP) is 6.72. The number of esters is 2. The van der Waals surface area contributed by atoms with Gasteiger partial charge in [-0.2, -0.15) is 0 Å². The van der Waals surface area contributed by atoms with Crippen molar-refractivity contribution >= 4 is 11.9 Å². The van der Waals surface area contributed by atoms with E-state index in [0.29, 0.717) is 17.7 Å². The first kappa shape index (κ1) is 24.2. The molecule has 0 saturated carbocycles. The summed E-state index contributed by atoms with van der Waals surface area (Å²) in [6.07, 6.45) is 12.4. The lowest BCUT2D eigenvalue weighted by Crippen LogP contribution is -2.15. The van der Waals surface area contributed by atoms with Crippen molar-refractivity contribution in [1.82, 2.24) is 0 Å². The molecule has 0 saturated heterocycles. The molecule has 0 fully saturated rings. The Balaban J connectivity index is 2.31. The van der Waals surface area contributed by atoms with Crippen molar-refractivity contribution in [3.05, 3.63) is 35.4 Å². The molecule has 1 atom stereocenters. The highest BCUT2D eigenvalue weighted by Crippen LogP contribution is 2.13. The van der Waals surface area contributed by atoms with E-state index in [4.69, 9.17) is 9.47 Å². The van der Waals surface area contributed by atoms with Gasteiger partial charge in [-0.05, 0) is 50.5 Å². The maximum absolute atomic E-state index is 12.2. The van der Waals surface area contributed by atoms with E-state index in [1.807, 2.05) is 6.92 Å². The lowest BCUT2D eigenvalue weighted by atomic mass is 10.1. The minimum atomic E-state index is -0.340. The van der Waals surface area contributed by atoms with Crippen molar-refractivity contribution in [2.75, 3.05) is 6.61 Å². The topological polar surface area (TPSA) is 52.6 Å². The molecule has 158 valence electrons. The molecule has 0 radical (unpaired) electrons. The van der Waals surface area contributed by atoms with Crippen LogP contribution in [0.25, 0.3) is 0 Å². The second kappa shape index (κ2) is 15.1. The summed E-state index contributed by atoms with van der Waals surface area (Å²) in [4.78, 5) is 24.3. The van der Waals surface area contributed by atoms with Gasteiger partial charge in [0.1, 0.15) is 0 Å². The van der Waals surface area contributed by atoms with Gasteiger partial charge >= 0.3 is 11.9 Å². The number of hydrogen-bond acceptors (Lipinski definition) is 4. The molecular weight excluding hydrogens is 352 g/mol. The van der Waals surface area contributed by atoms with Gasteiger partial charge in [0.2, 0.25) is 0 Å². The molecule has 1 rings (SSSR count). The summed E-state index contributed by atoms with van der Waals surface area (Å²) in [6, 6.07) is 6.52. The molecule has 4 heteroatoms. The molecule has 0 amide bonds. The van der Waals surface area contributed by atoms with E-state index < -0.39 is 0 Å². The summed E-state index contributed by atoms with van der Waals surface area (Å²) >= 11 is 0. The van der Waals surface area contributed by atoms with E-state index in [1.165, 1.54) is 32.1 Å². The molecule has 0 heterocycles. The van der Waals surface area contributed by atoms with Gasteiger partial charge in [0.05, 0.1) is 23.8 Å². The van der Waals surface area contributed by atoms with Crippen molar-refractivity contribution in [3.63, 3.8) is 0 Å². The van der Waals surface area contributed by atoms with E-state index in [-0.39, 0.29) is 18.0 Å². The van der Waals surface area contributed by atoms with Crippen LogP contribution in [-0.2, 0) is 9.47 Å². The third kappa shape index (κ3) is 10.5. The zero-order chi connectivity index (χ0) is 20.6. The Bertz CT molecular complexity index is 550. The average molecular weight is 391 g/mol. The van der Waals surface area contributed by atoms with Crippen molar-refractivity contribution in [1.29, 1.82) is 0 Å². The van der Waals surface area contributed by atoms with Crippen molar-refractivity contribution in [3.8, 4) is 0 Å². The summed E-state index contributed by atoms with van der Waals surface area (Å²) in [5.41, 5.74) is 0.932. The van der Waals surface area contributed by atoms with Crippen LogP contribution in [0.3, 0.4) is 0 Å². The van der Waals surface area contributed by atoms with Gasteiger partial charge in [0, 0.05) is 0 Å². The van der Waals surface area contributed by atoms with E-state index in [1.54, 1.807) is 24.3 Å². The Labute approximate surface area is 171 Å². The van der Waals surface area contributed by atoms with E-state index >= 15 is 0 Å². The summed E-state index contributed by atoms with van der Waals surface area (Å²) in [7, 11) is 0. The first-order chi connectivity index (χ1) is 13.6. The Hall–Kier alpha value is -1.84. The second-order valence-corrected chi connectivity index (χ2v) is 7.55. The lowest BCUT2D eigenvalue weighted by molar-refractivity contribution is 0.0318. The Morgan fingerprint density at radius 3 is 1.86 bits per heavy atom. The zero-order valence-electron chi connectivity index (χ0n) is 18.0. The number of rotatable bonds is 15. The molecular formula is C24H38O4. The standard InChI is InChI=1S/C24H38O4/c1-4-6-8-10-11-12-14-20(3)28-24(26)22-17-15-21(16-18-22)23(25)27-19-13-9-7-5-2/h15-18,20H,4-14,19H2,1-3H3. The predicted molar refractivity (Wildman–Crippen MR) is 114 cm³/mol. The highest BCUT2D eigenvalue weighted by atomic mass is 16.5. The fourth-order valence-corrected chi connectivity index (χ4v) is 3.04. The number of carbonyl (C=O) groups excluding carboxylic acids is 2. The maximum atomic E-state index is 12.2. The summed E-state index contributed by atoms with van der Waals surface area (Å²) < 4.78 is 10.8. The highest BCUT2D eigenvalue weighted by Gasteiger charge is 2.13. The van der Waals surface area contributed by atoms with Crippen molar-refractivity contribution in [2.24, 2.45) is 0 Å². The van der Waals surface area contributed by atoms with Gasteiger partial charge in [0.25, 0.3) is 0 Å². The molecule has 1 aromatic rings. The molecule has 1 aromatic carbocycles. The monoisotopic (exact) mass is 390 g/mol. The van der Waals surface area contributed by atoms with E-state index in [9.17, 15) is 9.59 Å². The van der Waals surface area contributed by atoms with Gasteiger partial charge in [-0.3, -0.25) is 0 Å². The van der Waals surface area contributed by atoms with Gasteiger partial charge in [-0.15, -0.1) is 0 Å². The number of unbranched alkanes of at least 4 members (excludes halogenated alkanes) is 8. The van der Waals surface area contributed by atoms with Crippen LogP contribution in [0.15, 0.2) is 24.3 Å². The molecule has 0 aliphatic heterocycles. The fraction of sp³-hybridized carbons (Fsp3) is 0.667. The molecule has 28 heavy (non-hydrogen) atoms. The molecule has 0 spiro atoms. The van der Waals surface area contributed by atoms with E-state index in [0.717, 1.165) is 38.5 Å². The average Bonchev–Trinajstić information content (AvgIpc) is 2.70. The molecule has 0 N–H and O–H groups in total. The van der Waals surface area contributed by atoms with Crippen molar-refractivity contribution < 1.29 is 19.1 Å². The first-order valence-corrected chi connectivity index (χ1v) is 11.1. The molecule has 0 aliphatic rings. The van der Waals surface area contributed by atoms with Crippen LogP contribution in [0.4, 0.5) is 0 Å².